The van der Waals surface area contributed by atoms with E-state index in [1.165, 1.54) is 0 Å². The van der Waals surface area contributed by atoms with Crippen LogP contribution in [0, 0.1) is 11.8 Å². The van der Waals surface area contributed by atoms with E-state index in [-0.39, 0.29) is 12.3 Å². The highest BCUT2D eigenvalue weighted by molar-refractivity contribution is 6.00. The molecule has 0 fully saturated rings. The fraction of sp³-hybridized carbons (Fsp3) is 0.250. The molecule has 4 heteroatoms. The van der Waals surface area contributed by atoms with Gasteiger partial charge in [0.15, 0.2) is 5.78 Å². The molecule has 0 saturated heterocycles. The normalized spacial score (nSPS) is 12.4. The summed E-state index contributed by atoms with van der Waals surface area (Å²) in [5.41, 5.74) is 10.8. The van der Waals surface area contributed by atoms with E-state index in [1.54, 1.807) is 0 Å². The largest absolute Gasteiger partial charge is 0.294 e. The summed E-state index contributed by atoms with van der Waals surface area (Å²) in [6, 6.07) is 5.58. The minimum Gasteiger partial charge on any atom is -0.294 e. The molecule has 2 rings (SSSR count). The number of hydrogen-bond donors (Lipinski definition) is 0. The van der Waals surface area contributed by atoms with Gasteiger partial charge in [0.2, 0.25) is 0 Å². The molecule has 1 aromatic rings. The Morgan fingerprint density at radius 3 is 3.12 bits per heavy atom. The Kier molecular flexibility index (Phi) is 2.90. The molecule has 0 aliphatic heterocycles. The van der Waals surface area contributed by atoms with Gasteiger partial charge >= 0.3 is 0 Å². The topological polar surface area (TPSA) is 65.8 Å². The molecule has 0 aromatic heterocycles. The van der Waals surface area contributed by atoms with Gasteiger partial charge in [-0.25, -0.2) is 0 Å². The van der Waals surface area contributed by atoms with Crippen molar-refractivity contribution in [3.8, 4) is 11.8 Å². The highest BCUT2D eigenvalue weighted by Gasteiger charge is 2.18. The quantitative estimate of drug-likeness (QED) is 0.304. The van der Waals surface area contributed by atoms with Crippen molar-refractivity contribution < 1.29 is 4.79 Å². The first-order chi connectivity index (χ1) is 7.81. The summed E-state index contributed by atoms with van der Waals surface area (Å²) in [7, 11) is 0. The highest BCUT2D eigenvalue weighted by Crippen LogP contribution is 2.22. The van der Waals surface area contributed by atoms with Crippen molar-refractivity contribution in [1.29, 1.82) is 0 Å². The Morgan fingerprint density at radius 1 is 1.44 bits per heavy atom. The molecular formula is C12H9N3O. The number of nitrogens with zero attached hydrogens (tertiary/aromatic N) is 3. The first-order valence-electron chi connectivity index (χ1n) is 4.97. The van der Waals surface area contributed by atoms with Crippen molar-refractivity contribution in [2.45, 2.75) is 12.8 Å². The maximum atomic E-state index is 11.4. The summed E-state index contributed by atoms with van der Waals surface area (Å²) in [6.45, 7) is 0.173. The molecule has 0 heterocycles. The van der Waals surface area contributed by atoms with Crippen LogP contribution in [0.25, 0.3) is 10.4 Å². The molecule has 0 amide bonds. The molecule has 0 saturated carbocycles. The second-order valence-corrected chi connectivity index (χ2v) is 3.49. The first kappa shape index (κ1) is 10.3. The maximum absolute atomic E-state index is 11.4. The van der Waals surface area contributed by atoms with Crippen LogP contribution in [-0.4, -0.2) is 12.3 Å². The molecule has 4 nitrogen and oxygen atoms in total. The van der Waals surface area contributed by atoms with Crippen LogP contribution in [-0.2, 0) is 6.42 Å². The van der Waals surface area contributed by atoms with Gasteiger partial charge in [0.05, 0.1) is 6.54 Å². The molecule has 1 aliphatic rings. The van der Waals surface area contributed by atoms with Crippen molar-refractivity contribution in [3.63, 3.8) is 0 Å². The minimum atomic E-state index is 0.173. The van der Waals surface area contributed by atoms with Gasteiger partial charge in [0.1, 0.15) is 0 Å². The summed E-state index contributed by atoms with van der Waals surface area (Å²) in [5.74, 6) is 5.86. The third-order valence-corrected chi connectivity index (χ3v) is 2.47. The number of ketones is 1. The van der Waals surface area contributed by atoms with Crippen LogP contribution < -0.4 is 0 Å². The Balaban J connectivity index is 2.21. The van der Waals surface area contributed by atoms with Crippen molar-refractivity contribution in [3.05, 3.63) is 45.3 Å². The molecule has 1 aromatic carbocycles. The SMILES string of the molecule is [N-]=[N+]=NCC#Cc1ccc2c(c1)CCC2=O. The third kappa shape index (κ3) is 2.05. The maximum Gasteiger partial charge on any atom is 0.163 e. The van der Waals surface area contributed by atoms with Crippen molar-refractivity contribution >= 4 is 5.78 Å². The number of carbonyl (C=O) groups is 1. The predicted octanol–water partition coefficient (Wildman–Crippen LogP) is 2.48. The molecule has 78 valence electrons. The van der Waals surface area contributed by atoms with Gasteiger partial charge in [-0.15, -0.1) is 0 Å². The van der Waals surface area contributed by atoms with Crippen molar-refractivity contribution in [1.82, 2.24) is 0 Å². The number of aryl methyl sites for hydroxylation is 1. The Hall–Kier alpha value is -2.24. The minimum absolute atomic E-state index is 0.173. The van der Waals surface area contributed by atoms with E-state index in [9.17, 15) is 4.79 Å². The van der Waals surface area contributed by atoms with Gasteiger partial charge in [-0.3, -0.25) is 4.79 Å². The summed E-state index contributed by atoms with van der Waals surface area (Å²) in [6.07, 6.45) is 1.41. The van der Waals surface area contributed by atoms with Gasteiger partial charge in [0, 0.05) is 22.5 Å². The van der Waals surface area contributed by atoms with Crippen LogP contribution in [0.1, 0.15) is 27.9 Å². The van der Waals surface area contributed by atoms with Crippen molar-refractivity contribution in [2.24, 2.45) is 5.11 Å². The van der Waals surface area contributed by atoms with Gasteiger partial charge in [-0.1, -0.05) is 17.0 Å². The van der Waals surface area contributed by atoms with Gasteiger partial charge in [0.25, 0.3) is 0 Å². The number of fused-ring (bicyclic) bond motifs is 1. The fourth-order valence-corrected chi connectivity index (χ4v) is 1.74. The average molecular weight is 211 g/mol. The van der Waals surface area contributed by atoms with Crippen LogP contribution in [0.5, 0.6) is 0 Å². The lowest BCUT2D eigenvalue weighted by molar-refractivity contribution is 0.0994. The van der Waals surface area contributed by atoms with E-state index in [0.717, 1.165) is 23.1 Å². The Morgan fingerprint density at radius 2 is 2.31 bits per heavy atom. The summed E-state index contributed by atoms with van der Waals surface area (Å²) >= 11 is 0. The van der Waals surface area contributed by atoms with E-state index in [1.807, 2.05) is 18.2 Å². The van der Waals surface area contributed by atoms with E-state index in [2.05, 4.69) is 21.9 Å². The third-order valence-electron chi connectivity index (χ3n) is 2.47. The zero-order valence-electron chi connectivity index (χ0n) is 8.60. The van der Waals surface area contributed by atoms with Gasteiger partial charge in [-0.05, 0) is 35.7 Å². The van der Waals surface area contributed by atoms with Crippen molar-refractivity contribution in [2.75, 3.05) is 6.54 Å². The number of azide groups is 1. The lowest BCUT2D eigenvalue weighted by Crippen LogP contribution is -1.90. The molecule has 0 bridgehead atoms. The average Bonchev–Trinajstić information content (AvgIpc) is 2.66. The zero-order chi connectivity index (χ0) is 11.4. The molecular weight excluding hydrogens is 202 g/mol. The van der Waals surface area contributed by atoms with Crippen LogP contribution in [0.15, 0.2) is 23.3 Å². The van der Waals surface area contributed by atoms with Crippen LogP contribution in [0.3, 0.4) is 0 Å². The number of Topliss-reactive ketones (excluding diaryl/α,β-unsaturated/α-hetero) is 1. The summed E-state index contributed by atoms with van der Waals surface area (Å²) < 4.78 is 0. The van der Waals surface area contributed by atoms with Gasteiger partial charge in [-0.2, -0.15) is 0 Å². The molecule has 0 N–H and O–H groups in total. The lowest BCUT2D eigenvalue weighted by atomic mass is 10.1. The fourth-order valence-electron chi connectivity index (χ4n) is 1.74. The first-order valence-corrected chi connectivity index (χ1v) is 4.97. The highest BCUT2D eigenvalue weighted by atomic mass is 16.1. The summed E-state index contributed by atoms with van der Waals surface area (Å²) in [4.78, 5) is 14.0. The van der Waals surface area contributed by atoms with E-state index in [0.29, 0.717) is 6.42 Å². The molecule has 0 spiro atoms. The summed E-state index contributed by atoms with van der Waals surface area (Å²) in [5, 5.41) is 3.32. The monoisotopic (exact) mass is 211 g/mol. The molecule has 16 heavy (non-hydrogen) atoms. The van der Waals surface area contributed by atoms with E-state index < -0.39 is 0 Å². The molecule has 0 radical (unpaired) electrons. The predicted molar refractivity (Wildman–Crippen MR) is 60.0 cm³/mol. The molecule has 1 aliphatic carbocycles. The zero-order valence-corrected chi connectivity index (χ0v) is 8.60. The van der Waals surface area contributed by atoms with Crippen LogP contribution in [0.2, 0.25) is 0 Å². The van der Waals surface area contributed by atoms with Crippen LogP contribution in [0.4, 0.5) is 0 Å². The van der Waals surface area contributed by atoms with Crippen LogP contribution >= 0.6 is 0 Å². The molecule has 0 atom stereocenters. The molecule has 0 unspecified atom stereocenters. The Bertz CT molecular complexity index is 545. The number of carbonyl (C=O) groups excluding carboxylic acids is 1. The standard InChI is InChI=1S/C12H9N3O/c13-15-14-7-1-2-9-3-5-11-10(8-9)4-6-12(11)16/h3,5,8H,4,6-7H2. The second kappa shape index (κ2) is 4.52. The second-order valence-electron chi connectivity index (χ2n) is 3.49. The van der Waals surface area contributed by atoms with E-state index >= 15 is 0 Å². The van der Waals surface area contributed by atoms with Gasteiger partial charge < -0.3 is 0 Å². The smallest absolute Gasteiger partial charge is 0.163 e. The Labute approximate surface area is 92.9 Å². The number of benzene rings is 1. The number of hydrogen-bond acceptors (Lipinski definition) is 2. The van der Waals surface area contributed by atoms with E-state index in [4.69, 9.17) is 5.53 Å². The lowest BCUT2D eigenvalue weighted by Gasteiger charge is -1.97. The number of rotatable bonds is 1.